The Kier molecular flexibility index (Phi) is 3.88. The summed E-state index contributed by atoms with van der Waals surface area (Å²) in [5, 5.41) is 2.94. The number of rotatable bonds is 3. The van der Waals surface area contributed by atoms with Crippen molar-refractivity contribution in [2.45, 2.75) is 6.04 Å². The number of anilines is 1. The van der Waals surface area contributed by atoms with Crippen molar-refractivity contribution in [3.8, 4) is 5.75 Å². The predicted molar refractivity (Wildman–Crippen MR) is 97.9 cm³/mol. The number of likely N-dealkylation sites (N-methyl/N-ethyl adjacent to an activating group) is 1. The van der Waals surface area contributed by atoms with Gasteiger partial charge < -0.3 is 15.0 Å². The predicted octanol–water partition coefficient (Wildman–Crippen LogP) is 2.69. The van der Waals surface area contributed by atoms with Gasteiger partial charge in [-0.1, -0.05) is 30.3 Å². The maximum absolute atomic E-state index is 13.2. The van der Waals surface area contributed by atoms with Crippen LogP contribution < -0.4 is 15.0 Å². The van der Waals surface area contributed by atoms with Gasteiger partial charge in [-0.15, -0.1) is 0 Å². The summed E-state index contributed by atoms with van der Waals surface area (Å²) in [6.45, 7) is 0.369. The molecule has 2 aromatic rings. The van der Waals surface area contributed by atoms with E-state index in [2.05, 4.69) is 5.32 Å². The van der Waals surface area contributed by atoms with Crippen LogP contribution in [0.2, 0.25) is 0 Å². The van der Waals surface area contributed by atoms with Crippen molar-refractivity contribution in [1.29, 1.82) is 0 Å². The Labute approximate surface area is 151 Å². The van der Waals surface area contributed by atoms with E-state index in [1.165, 1.54) is 4.90 Å². The van der Waals surface area contributed by atoms with Gasteiger partial charge in [-0.3, -0.25) is 9.69 Å². The van der Waals surface area contributed by atoms with Crippen molar-refractivity contribution in [2.75, 3.05) is 25.6 Å². The lowest BCUT2D eigenvalue weighted by Crippen LogP contribution is -2.45. The molecule has 0 spiro atoms. The van der Waals surface area contributed by atoms with Crippen molar-refractivity contribution in [3.63, 3.8) is 0 Å². The van der Waals surface area contributed by atoms with Gasteiger partial charge in [0.15, 0.2) is 0 Å². The number of amides is 3. The van der Waals surface area contributed by atoms with Gasteiger partial charge in [0.25, 0.3) is 5.91 Å². The minimum atomic E-state index is -0.439. The fourth-order valence-corrected chi connectivity index (χ4v) is 3.43. The van der Waals surface area contributed by atoms with Crippen LogP contribution in [-0.4, -0.2) is 37.5 Å². The maximum atomic E-state index is 13.2. The van der Waals surface area contributed by atoms with Crippen LogP contribution in [0.15, 0.2) is 65.9 Å². The normalized spacial score (nSPS) is 19.5. The van der Waals surface area contributed by atoms with Crippen molar-refractivity contribution in [3.05, 3.63) is 71.4 Å². The quantitative estimate of drug-likeness (QED) is 0.927. The highest BCUT2D eigenvalue weighted by molar-refractivity contribution is 6.11. The fourth-order valence-electron chi connectivity index (χ4n) is 3.43. The van der Waals surface area contributed by atoms with Crippen LogP contribution in [-0.2, 0) is 4.79 Å². The SMILES string of the molecule is COc1ccc(N2CC3=C(C2=O)[C@@H](c2ccccc2)NC(=O)N3C)cc1. The summed E-state index contributed by atoms with van der Waals surface area (Å²) in [6.07, 6.45) is 0. The first-order chi connectivity index (χ1) is 12.6. The highest BCUT2D eigenvalue weighted by atomic mass is 16.5. The molecule has 0 saturated heterocycles. The number of hydrogen-bond donors (Lipinski definition) is 1. The molecule has 132 valence electrons. The van der Waals surface area contributed by atoms with Crippen LogP contribution in [0.3, 0.4) is 0 Å². The molecule has 26 heavy (non-hydrogen) atoms. The minimum Gasteiger partial charge on any atom is -0.497 e. The molecule has 2 aliphatic rings. The fraction of sp³-hybridized carbons (Fsp3) is 0.200. The Morgan fingerprint density at radius 3 is 2.38 bits per heavy atom. The number of urea groups is 1. The lowest BCUT2D eigenvalue weighted by Gasteiger charge is -2.31. The number of nitrogens with zero attached hydrogens (tertiary/aromatic N) is 2. The zero-order valence-electron chi connectivity index (χ0n) is 14.6. The van der Waals surface area contributed by atoms with Crippen molar-refractivity contribution >= 4 is 17.6 Å². The zero-order valence-corrected chi connectivity index (χ0v) is 14.6. The number of methoxy groups -OCH3 is 1. The van der Waals surface area contributed by atoms with E-state index in [4.69, 9.17) is 4.74 Å². The van der Waals surface area contributed by atoms with Crippen LogP contribution in [0.25, 0.3) is 0 Å². The first-order valence-corrected chi connectivity index (χ1v) is 8.38. The van der Waals surface area contributed by atoms with Gasteiger partial charge in [0.05, 0.1) is 31.0 Å². The Balaban J connectivity index is 1.72. The Morgan fingerprint density at radius 2 is 1.73 bits per heavy atom. The standard InChI is InChI=1S/C20H19N3O3/c1-22-16-12-23(14-8-10-15(26-2)11-9-14)19(24)17(16)18(21-20(22)25)13-6-4-3-5-7-13/h3-11,18H,12H2,1-2H3,(H,21,25)/t18-/m1/s1. The van der Waals surface area contributed by atoms with Crippen LogP contribution in [0.4, 0.5) is 10.5 Å². The molecule has 1 atom stereocenters. The average molecular weight is 349 g/mol. The summed E-state index contributed by atoms with van der Waals surface area (Å²) in [5.41, 5.74) is 3.03. The minimum absolute atomic E-state index is 0.0918. The molecule has 0 aliphatic carbocycles. The smallest absolute Gasteiger partial charge is 0.322 e. The summed E-state index contributed by atoms with van der Waals surface area (Å²) in [5.74, 6) is 0.639. The molecule has 0 saturated carbocycles. The first-order valence-electron chi connectivity index (χ1n) is 8.38. The van der Waals surface area contributed by atoms with E-state index in [0.29, 0.717) is 12.1 Å². The van der Waals surface area contributed by atoms with Gasteiger partial charge >= 0.3 is 6.03 Å². The number of ether oxygens (including phenoxy) is 1. The second-order valence-corrected chi connectivity index (χ2v) is 6.30. The second-order valence-electron chi connectivity index (χ2n) is 6.30. The van der Waals surface area contributed by atoms with Crippen LogP contribution in [0, 0.1) is 0 Å². The van der Waals surface area contributed by atoms with E-state index in [0.717, 1.165) is 22.7 Å². The second kappa shape index (κ2) is 6.22. The maximum Gasteiger partial charge on any atom is 0.322 e. The van der Waals surface area contributed by atoms with Crippen molar-refractivity contribution in [2.24, 2.45) is 0 Å². The van der Waals surface area contributed by atoms with Gasteiger partial charge in [0.1, 0.15) is 5.75 Å². The van der Waals surface area contributed by atoms with E-state index in [1.54, 1.807) is 19.1 Å². The third-order valence-corrected chi connectivity index (χ3v) is 4.88. The lowest BCUT2D eigenvalue weighted by atomic mass is 9.96. The number of benzene rings is 2. The number of carbonyl (C=O) groups excluding carboxylic acids is 2. The molecule has 0 radical (unpaired) electrons. The molecule has 3 amide bonds. The third-order valence-electron chi connectivity index (χ3n) is 4.88. The molecule has 1 N–H and O–H groups in total. The molecule has 6 heteroatoms. The van der Waals surface area contributed by atoms with Crippen LogP contribution in [0.5, 0.6) is 5.75 Å². The van der Waals surface area contributed by atoms with E-state index in [1.807, 2.05) is 54.6 Å². The monoisotopic (exact) mass is 349 g/mol. The molecule has 2 aromatic carbocycles. The Morgan fingerprint density at radius 1 is 1.04 bits per heavy atom. The molecule has 4 rings (SSSR count). The molecule has 2 heterocycles. The van der Waals surface area contributed by atoms with Gasteiger partial charge in [-0.2, -0.15) is 0 Å². The average Bonchev–Trinajstić information content (AvgIpc) is 3.03. The van der Waals surface area contributed by atoms with E-state index in [9.17, 15) is 9.59 Å². The van der Waals surface area contributed by atoms with Crippen molar-refractivity contribution in [1.82, 2.24) is 10.2 Å². The van der Waals surface area contributed by atoms with Gasteiger partial charge in [0, 0.05) is 12.7 Å². The Bertz CT molecular complexity index is 890. The van der Waals surface area contributed by atoms with Gasteiger partial charge in [-0.25, -0.2) is 4.79 Å². The Hall–Kier alpha value is -3.28. The highest BCUT2D eigenvalue weighted by Gasteiger charge is 2.43. The van der Waals surface area contributed by atoms with Gasteiger partial charge in [-0.05, 0) is 29.8 Å². The van der Waals surface area contributed by atoms with Gasteiger partial charge in [0.2, 0.25) is 0 Å². The summed E-state index contributed by atoms with van der Waals surface area (Å²) in [6, 6.07) is 16.3. The first kappa shape index (κ1) is 16.2. The molecule has 6 nitrogen and oxygen atoms in total. The van der Waals surface area contributed by atoms with Crippen LogP contribution >= 0.6 is 0 Å². The molecule has 0 bridgehead atoms. The largest absolute Gasteiger partial charge is 0.497 e. The van der Waals surface area contributed by atoms with E-state index in [-0.39, 0.29) is 11.9 Å². The molecular weight excluding hydrogens is 330 g/mol. The lowest BCUT2D eigenvalue weighted by molar-refractivity contribution is -0.114. The molecule has 0 fully saturated rings. The topological polar surface area (TPSA) is 61.9 Å². The number of nitrogens with one attached hydrogen (secondary N) is 1. The number of hydrogen-bond acceptors (Lipinski definition) is 3. The molecule has 2 aliphatic heterocycles. The summed E-state index contributed by atoms with van der Waals surface area (Å²) in [7, 11) is 3.30. The highest BCUT2D eigenvalue weighted by Crippen LogP contribution is 2.37. The summed E-state index contributed by atoms with van der Waals surface area (Å²) < 4.78 is 5.18. The molecular formula is C20H19N3O3. The van der Waals surface area contributed by atoms with E-state index < -0.39 is 6.04 Å². The van der Waals surface area contributed by atoms with E-state index >= 15 is 0 Å². The summed E-state index contributed by atoms with van der Waals surface area (Å²) >= 11 is 0. The molecule has 0 unspecified atom stereocenters. The summed E-state index contributed by atoms with van der Waals surface area (Å²) in [4.78, 5) is 28.8. The zero-order chi connectivity index (χ0) is 18.3. The third kappa shape index (κ3) is 2.50. The molecule has 0 aromatic heterocycles. The van der Waals surface area contributed by atoms with Crippen LogP contribution in [0.1, 0.15) is 11.6 Å². The van der Waals surface area contributed by atoms with Crippen molar-refractivity contribution < 1.29 is 14.3 Å². The number of carbonyl (C=O) groups is 2.